The van der Waals surface area contributed by atoms with Gasteiger partial charge in [0.05, 0.1) is 24.3 Å². The lowest BCUT2D eigenvalue weighted by Crippen LogP contribution is -2.35. The van der Waals surface area contributed by atoms with Gasteiger partial charge < -0.3 is 14.4 Å². The molecule has 1 aromatic rings. The van der Waals surface area contributed by atoms with Gasteiger partial charge in [0, 0.05) is 25.6 Å². The molecule has 0 radical (unpaired) electrons. The van der Waals surface area contributed by atoms with E-state index in [1.807, 2.05) is 21.7 Å². The number of rotatable bonds is 4. The standard InChI is InChI=1S/C15H21NO3S/c1-18-6-2-12-8-15(19-9-12)4-5-16(11-15)14(17)13-3-7-20-10-13/h3,7,10,12H,2,4-6,8-9,11H2,1H3/t12-,15-/m1/s1. The Balaban J connectivity index is 1.58. The van der Waals surface area contributed by atoms with Gasteiger partial charge in [-0.25, -0.2) is 0 Å². The molecule has 110 valence electrons. The molecule has 5 heteroatoms. The molecule has 1 aromatic heterocycles. The average molecular weight is 295 g/mol. The van der Waals surface area contributed by atoms with Crippen molar-refractivity contribution >= 4 is 17.2 Å². The van der Waals surface area contributed by atoms with E-state index in [1.54, 1.807) is 18.4 Å². The van der Waals surface area contributed by atoms with Crippen LogP contribution in [0.4, 0.5) is 0 Å². The molecule has 0 saturated carbocycles. The highest BCUT2D eigenvalue weighted by Crippen LogP contribution is 2.39. The molecule has 3 heterocycles. The molecule has 2 saturated heterocycles. The first-order chi connectivity index (χ1) is 9.72. The van der Waals surface area contributed by atoms with Gasteiger partial charge in [0.15, 0.2) is 0 Å². The van der Waals surface area contributed by atoms with Crippen LogP contribution >= 0.6 is 11.3 Å². The van der Waals surface area contributed by atoms with Crippen molar-refractivity contribution in [2.24, 2.45) is 5.92 Å². The maximum Gasteiger partial charge on any atom is 0.254 e. The van der Waals surface area contributed by atoms with Gasteiger partial charge in [0.2, 0.25) is 0 Å². The van der Waals surface area contributed by atoms with Gasteiger partial charge in [0.1, 0.15) is 0 Å². The molecule has 2 fully saturated rings. The number of hydrogen-bond acceptors (Lipinski definition) is 4. The van der Waals surface area contributed by atoms with Crippen LogP contribution in [0.15, 0.2) is 16.8 Å². The zero-order valence-electron chi connectivity index (χ0n) is 11.8. The van der Waals surface area contributed by atoms with Gasteiger partial charge in [0.25, 0.3) is 5.91 Å². The summed E-state index contributed by atoms with van der Waals surface area (Å²) in [6.07, 6.45) is 3.08. The zero-order chi connectivity index (χ0) is 14.0. The Hall–Kier alpha value is -0.910. The van der Waals surface area contributed by atoms with Crippen molar-refractivity contribution < 1.29 is 14.3 Å². The van der Waals surface area contributed by atoms with Gasteiger partial charge in [-0.1, -0.05) is 0 Å². The molecule has 2 atom stereocenters. The van der Waals surface area contributed by atoms with Gasteiger partial charge in [-0.05, 0) is 36.6 Å². The predicted octanol–water partition coefficient (Wildman–Crippen LogP) is 2.41. The summed E-state index contributed by atoms with van der Waals surface area (Å²) in [5.41, 5.74) is 0.713. The van der Waals surface area contributed by atoms with E-state index in [0.29, 0.717) is 5.92 Å². The quantitative estimate of drug-likeness (QED) is 0.856. The average Bonchev–Trinajstić information content (AvgIpc) is 3.18. The second-order valence-corrected chi connectivity index (χ2v) is 6.61. The van der Waals surface area contributed by atoms with Crippen LogP contribution in [-0.2, 0) is 9.47 Å². The van der Waals surface area contributed by atoms with Crippen LogP contribution in [0.1, 0.15) is 29.6 Å². The molecule has 1 amide bonds. The fraction of sp³-hybridized carbons (Fsp3) is 0.667. The Morgan fingerprint density at radius 1 is 1.65 bits per heavy atom. The molecule has 1 spiro atoms. The van der Waals surface area contributed by atoms with E-state index in [-0.39, 0.29) is 11.5 Å². The van der Waals surface area contributed by atoms with Crippen LogP contribution in [-0.4, -0.2) is 49.8 Å². The minimum absolute atomic E-state index is 0.0932. The fourth-order valence-corrected chi connectivity index (χ4v) is 3.91. The van der Waals surface area contributed by atoms with Crippen LogP contribution in [0.3, 0.4) is 0 Å². The third kappa shape index (κ3) is 2.75. The summed E-state index contributed by atoms with van der Waals surface area (Å²) in [5.74, 6) is 0.721. The molecule has 20 heavy (non-hydrogen) atoms. The predicted molar refractivity (Wildman–Crippen MR) is 78.1 cm³/mol. The molecular formula is C15H21NO3S. The summed E-state index contributed by atoms with van der Waals surface area (Å²) in [6, 6.07) is 1.90. The number of hydrogen-bond donors (Lipinski definition) is 0. The number of thiophene rings is 1. The van der Waals surface area contributed by atoms with Gasteiger partial charge in [-0.3, -0.25) is 4.79 Å². The van der Waals surface area contributed by atoms with Gasteiger partial charge >= 0.3 is 0 Å². The van der Waals surface area contributed by atoms with Crippen molar-refractivity contribution in [3.63, 3.8) is 0 Å². The summed E-state index contributed by atoms with van der Waals surface area (Å²) < 4.78 is 11.2. The molecule has 0 aliphatic carbocycles. The summed E-state index contributed by atoms with van der Waals surface area (Å²) in [4.78, 5) is 14.3. The third-order valence-electron chi connectivity index (χ3n) is 4.39. The molecule has 0 bridgehead atoms. The van der Waals surface area contributed by atoms with Crippen molar-refractivity contribution in [1.82, 2.24) is 4.90 Å². The Labute approximate surface area is 123 Å². The second-order valence-electron chi connectivity index (χ2n) is 5.83. The van der Waals surface area contributed by atoms with E-state index < -0.39 is 0 Å². The first kappa shape index (κ1) is 14.0. The lowest BCUT2D eigenvalue weighted by atomic mass is 9.92. The normalized spacial score (nSPS) is 29.4. The molecule has 4 nitrogen and oxygen atoms in total. The van der Waals surface area contributed by atoms with E-state index in [9.17, 15) is 4.79 Å². The first-order valence-corrected chi connectivity index (χ1v) is 8.11. The van der Waals surface area contributed by atoms with Crippen LogP contribution in [0.2, 0.25) is 0 Å². The molecular weight excluding hydrogens is 274 g/mol. The Kier molecular flexibility index (Phi) is 4.10. The number of methoxy groups -OCH3 is 1. The minimum atomic E-state index is -0.0932. The number of likely N-dealkylation sites (tertiary alicyclic amines) is 1. The van der Waals surface area contributed by atoms with Crippen molar-refractivity contribution in [2.75, 3.05) is 33.4 Å². The topological polar surface area (TPSA) is 38.8 Å². The lowest BCUT2D eigenvalue weighted by molar-refractivity contribution is 0.0113. The van der Waals surface area contributed by atoms with Crippen molar-refractivity contribution in [1.29, 1.82) is 0 Å². The number of amides is 1. The van der Waals surface area contributed by atoms with E-state index in [0.717, 1.165) is 51.1 Å². The van der Waals surface area contributed by atoms with Crippen LogP contribution < -0.4 is 0 Å². The summed E-state index contributed by atoms with van der Waals surface area (Å²) in [5, 5.41) is 3.87. The monoisotopic (exact) mass is 295 g/mol. The SMILES string of the molecule is COCC[C@H]1CO[C@]2(CCN(C(=O)c3ccsc3)C2)C1. The van der Waals surface area contributed by atoms with E-state index >= 15 is 0 Å². The molecule has 3 rings (SSSR count). The maximum absolute atomic E-state index is 12.4. The third-order valence-corrected chi connectivity index (χ3v) is 5.07. The Bertz CT molecular complexity index is 462. The zero-order valence-corrected chi connectivity index (χ0v) is 12.7. The van der Waals surface area contributed by atoms with E-state index in [2.05, 4.69) is 0 Å². The summed E-state index contributed by atoms with van der Waals surface area (Å²) >= 11 is 1.57. The number of nitrogens with zero attached hydrogens (tertiary/aromatic N) is 1. The first-order valence-electron chi connectivity index (χ1n) is 7.17. The molecule has 0 unspecified atom stereocenters. The Morgan fingerprint density at radius 3 is 3.30 bits per heavy atom. The number of carbonyl (C=O) groups excluding carboxylic acids is 1. The van der Waals surface area contributed by atoms with E-state index in [4.69, 9.17) is 9.47 Å². The minimum Gasteiger partial charge on any atom is -0.385 e. The molecule has 0 aromatic carbocycles. The van der Waals surface area contributed by atoms with Crippen molar-refractivity contribution in [3.05, 3.63) is 22.4 Å². The summed E-state index contributed by atoms with van der Waals surface area (Å²) in [6.45, 7) is 3.16. The second kappa shape index (κ2) is 5.84. The number of carbonyl (C=O) groups is 1. The summed E-state index contributed by atoms with van der Waals surface area (Å²) in [7, 11) is 1.74. The molecule has 2 aliphatic rings. The fourth-order valence-electron chi connectivity index (χ4n) is 3.28. The van der Waals surface area contributed by atoms with E-state index in [1.165, 1.54) is 0 Å². The smallest absolute Gasteiger partial charge is 0.254 e. The van der Waals surface area contributed by atoms with Crippen LogP contribution in [0.25, 0.3) is 0 Å². The highest BCUT2D eigenvalue weighted by Gasteiger charge is 2.46. The highest BCUT2D eigenvalue weighted by atomic mass is 32.1. The maximum atomic E-state index is 12.4. The lowest BCUT2D eigenvalue weighted by Gasteiger charge is -2.23. The van der Waals surface area contributed by atoms with Gasteiger partial charge in [-0.15, -0.1) is 0 Å². The van der Waals surface area contributed by atoms with Crippen LogP contribution in [0, 0.1) is 5.92 Å². The highest BCUT2D eigenvalue weighted by molar-refractivity contribution is 7.08. The van der Waals surface area contributed by atoms with Crippen molar-refractivity contribution in [2.45, 2.75) is 24.9 Å². The largest absolute Gasteiger partial charge is 0.385 e. The molecule has 2 aliphatic heterocycles. The van der Waals surface area contributed by atoms with Crippen LogP contribution in [0.5, 0.6) is 0 Å². The Morgan fingerprint density at radius 2 is 2.55 bits per heavy atom. The molecule has 0 N–H and O–H groups in total. The van der Waals surface area contributed by atoms with Gasteiger partial charge in [-0.2, -0.15) is 11.3 Å². The van der Waals surface area contributed by atoms with Crippen molar-refractivity contribution in [3.8, 4) is 0 Å². The number of ether oxygens (including phenoxy) is 2.